The lowest BCUT2D eigenvalue weighted by Gasteiger charge is -2.19. The van der Waals surface area contributed by atoms with Crippen molar-refractivity contribution < 1.29 is 23.0 Å². The molecule has 0 aromatic heterocycles. The number of rotatable bonds is 4. The molecule has 0 atom stereocenters. The molecule has 0 radical (unpaired) electrons. The number of halogens is 2. The van der Waals surface area contributed by atoms with Gasteiger partial charge in [-0.25, -0.2) is 4.79 Å². The number of ether oxygens (including phenoxy) is 2. The molecule has 0 aromatic carbocycles. The zero-order chi connectivity index (χ0) is 10.6. The molecule has 0 N–H and O–H groups in total. The van der Waals surface area contributed by atoms with Gasteiger partial charge in [-0.1, -0.05) is 12.8 Å². The molecular formula is C9H14F2O3. The maximum atomic E-state index is 13.0. The van der Waals surface area contributed by atoms with Gasteiger partial charge in [0, 0.05) is 0 Å². The van der Waals surface area contributed by atoms with Gasteiger partial charge in [0.2, 0.25) is 0 Å². The van der Waals surface area contributed by atoms with E-state index < -0.39 is 18.2 Å². The molecule has 1 saturated carbocycles. The molecular weight excluding hydrogens is 194 g/mol. The van der Waals surface area contributed by atoms with Gasteiger partial charge in [0.1, 0.15) is 0 Å². The van der Waals surface area contributed by atoms with Gasteiger partial charge in [-0.05, 0) is 19.8 Å². The first kappa shape index (κ1) is 11.4. The van der Waals surface area contributed by atoms with Crippen LogP contribution >= 0.6 is 0 Å². The monoisotopic (exact) mass is 208 g/mol. The minimum Gasteiger partial charge on any atom is -0.460 e. The molecule has 0 spiro atoms. The van der Waals surface area contributed by atoms with Crippen LogP contribution in [0.2, 0.25) is 0 Å². The molecule has 14 heavy (non-hydrogen) atoms. The quantitative estimate of drug-likeness (QED) is 0.664. The highest BCUT2D eigenvalue weighted by Crippen LogP contribution is 2.28. The van der Waals surface area contributed by atoms with Gasteiger partial charge >= 0.3 is 12.1 Å². The standard InChI is InChI=1S/C9H14F2O3/c1-2-13-8(12)9(10,11)14-7-5-3-4-6-7/h7H,2-6H2,1H3. The Bertz CT molecular complexity index is 200. The number of esters is 1. The zero-order valence-corrected chi connectivity index (χ0v) is 8.09. The van der Waals surface area contributed by atoms with Crippen LogP contribution in [0.5, 0.6) is 0 Å². The number of hydrogen-bond donors (Lipinski definition) is 0. The molecule has 1 aliphatic carbocycles. The molecule has 0 bridgehead atoms. The van der Waals surface area contributed by atoms with Gasteiger partial charge in [0.15, 0.2) is 0 Å². The van der Waals surface area contributed by atoms with E-state index >= 15 is 0 Å². The summed E-state index contributed by atoms with van der Waals surface area (Å²) in [6.45, 7) is 1.41. The van der Waals surface area contributed by atoms with E-state index in [-0.39, 0.29) is 6.61 Å². The topological polar surface area (TPSA) is 35.5 Å². The molecule has 1 aliphatic rings. The van der Waals surface area contributed by atoms with Crippen LogP contribution < -0.4 is 0 Å². The Kier molecular flexibility index (Phi) is 3.80. The number of alkyl halides is 2. The average molecular weight is 208 g/mol. The second-order valence-electron chi connectivity index (χ2n) is 3.26. The summed E-state index contributed by atoms with van der Waals surface area (Å²) >= 11 is 0. The highest BCUT2D eigenvalue weighted by Gasteiger charge is 2.44. The molecule has 5 heteroatoms. The Hall–Kier alpha value is -0.710. The highest BCUT2D eigenvalue weighted by atomic mass is 19.3. The summed E-state index contributed by atoms with van der Waals surface area (Å²) in [5.41, 5.74) is 0. The normalized spacial score (nSPS) is 18.5. The molecule has 82 valence electrons. The first-order chi connectivity index (χ1) is 6.56. The summed E-state index contributed by atoms with van der Waals surface area (Å²) in [6, 6.07) is 0. The van der Waals surface area contributed by atoms with Gasteiger partial charge in [-0.3, -0.25) is 0 Å². The second kappa shape index (κ2) is 4.68. The van der Waals surface area contributed by atoms with Gasteiger partial charge in [-0.2, -0.15) is 8.78 Å². The minimum absolute atomic E-state index is 0.0670. The average Bonchev–Trinajstić information content (AvgIpc) is 2.56. The Morgan fingerprint density at radius 1 is 1.43 bits per heavy atom. The van der Waals surface area contributed by atoms with Crippen molar-refractivity contribution in [1.82, 2.24) is 0 Å². The molecule has 0 amide bonds. The third kappa shape index (κ3) is 2.90. The van der Waals surface area contributed by atoms with Crippen molar-refractivity contribution in [3.63, 3.8) is 0 Å². The van der Waals surface area contributed by atoms with E-state index in [9.17, 15) is 13.6 Å². The van der Waals surface area contributed by atoms with E-state index in [1.165, 1.54) is 6.92 Å². The van der Waals surface area contributed by atoms with Crippen LogP contribution in [-0.4, -0.2) is 24.8 Å². The van der Waals surface area contributed by atoms with E-state index in [1.54, 1.807) is 0 Å². The van der Waals surface area contributed by atoms with Crippen molar-refractivity contribution >= 4 is 5.97 Å². The predicted octanol–water partition coefficient (Wildman–Crippen LogP) is 2.10. The smallest absolute Gasteiger partial charge is 0.456 e. The molecule has 0 aromatic rings. The van der Waals surface area contributed by atoms with Crippen LogP contribution in [0.3, 0.4) is 0 Å². The number of carbonyl (C=O) groups is 1. The maximum Gasteiger partial charge on any atom is 0.456 e. The van der Waals surface area contributed by atoms with Crippen molar-refractivity contribution in [3.8, 4) is 0 Å². The van der Waals surface area contributed by atoms with Crippen LogP contribution in [-0.2, 0) is 14.3 Å². The SMILES string of the molecule is CCOC(=O)C(F)(F)OC1CCCC1. The lowest BCUT2D eigenvalue weighted by molar-refractivity contribution is -0.265. The van der Waals surface area contributed by atoms with Crippen molar-refractivity contribution in [2.75, 3.05) is 6.61 Å². The Labute approximate surface area is 81.4 Å². The lowest BCUT2D eigenvalue weighted by Crippen LogP contribution is -2.36. The van der Waals surface area contributed by atoms with E-state index in [1.807, 2.05) is 0 Å². The fourth-order valence-corrected chi connectivity index (χ4v) is 1.48. The minimum atomic E-state index is -3.79. The van der Waals surface area contributed by atoms with Gasteiger partial charge in [-0.15, -0.1) is 0 Å². The summed E-state index contributed by atoms with van der Waals surface area (Å²) in [6.07, 6.45) is -1.35. The molecule has 1 fully saturated rings. The molecule has 0 saturated heterocycles. The summed E-state index contributed by atoms with van der Waals surface area (Å²) in [7, 11) is 0. The summed E-state index contributed by atoms with van der Waals surface area (Å²) < 4.78 is 34.5. The maximum absolute atomic E-state index is 13.0. The highest BCUT2D eigenvalue weighted by molar-refractivity contribution is 5.75. The van der Waals surface area contributed by atoms with E-state index in [0.717, 1.165) is 12.8 Å². The van der Waals surface area contributed by atoms with Crippen LogP contribution in [0.15, 0.2) is 0 Å². The first-order valence-electron chi connectivity index (χ1n) is 4.79. The molecule has 0 unspecified atom stereocenters. The second-order valence-corrected chi connectivity index (χ2v) is 3.26. The van der Waals surface area contributed by atoms with Gasteiger partial charge < -0.3 is 9.47 Å². The van der Waals surface area contributed by atoms with Crippen molar-refractivity contribution in [2.24, 2.45) is 0 Å². The Morgan fingerprint density at radius 3 is 2.50 bits per heavy atom. The molecule has 0 aliphatic heterocycles. The van der Waals surface area contributed by atoms with Crippen molar-refractivity contribution in [2.45, 2.75) is 44.8 Å². The first-order valence-corrected chi connectivity index (χ1v) is 4.79. The van der Waals surface area contributed by atoms with E-state index in [2.05, 4.69) is 9.47 Å². The fraction of sp³-hybridized carbons (Fsp3) is 0.889. The van der Waals surface area contributed by atoms with Gasteiger partial charge in [0.05, 0.1) is 12.7 Å². The van der Waals surface area contributed by atoms with Crippen molar-refractivity contribution in [1.29, 1.82) is 0 Å². The largest absolute Gasteiger partial charge is 0.460 e. The molecule has 3 nitrogen and oxygen atoms in total. The summed E-state index contributed by atoms with van der Waals surface area (Å²) in [5, 5.41) is 0. The van der Waals surface area contributed by atoms with Gasteiger partial charge in [0.25, 0.3) is 0 Å². The number of hydrogen-bond acceptors (Lipinski definition) is 3. The molecule has 1 rings (SSSR count). The summed E-state index contributed by atoms with van der Waals surface area (Å²) in [4.78, 5) is 10.8. The zero-order valence-electron chi connectivity index (χ0n) is 8.09. The third-order valence-electron chi connectivity index (χ3n) is 2.13. The van der Waals surface area contributed by atoms with Crippen LogP contribution in [0.1, 0.15) is 32.6 Å². The van der Waals surface area contributed by atoms with E-state index in [4.69, 9.17) is 0 Å². The molecule has 0 heterocycles. The Balaban J connectivity index is 2.42. The summed E-state index contributed by atoms with van der Waals surface area (Å²) in [5.74, 6) is -1.59. The fourth-order valence-electron chi connectivity index (χ4n) is 1.48. The van der Waals surface area contributed by atoms with Crippen molar-refractivity contribution in [3.05, 3.63) is 0 Å². The van der Waals surface area contributed by atoms with Crippen LogP contribution in [0.25, 0.3) is 0 Å². The Morgan fingerprint density at radius 2 is 2.00 bits per heavy atom. The van der Waals surface area contributed by atoms with E-state index in [0.29, 0.717) is 12.8 Å². The lowest BCUT2D eigenvalue weighted by atomic mass is 10.3. The number of carbonyl (C=O) groups excluding carboxylic acids is 1. The van der Waals surface area contributed by atoms with Crippen LogP contribution in [0, 0.1) is 0 Å². The van der Waals surface area contributed by atoms with Crippen LogP contribution in [0.4, 0.5) is 8.78 Å². The third-order valence-corrected chi connectivity index (χ3v) is 2.13. The predicted molar refractivity (Wildman–Crippen MR) is 44.9 cm³/mol.